The Balaban J connectivity index is 2.71. The summed E-state index contributed by atoms with van der Waals surface area (Å²) in [7, 11) is -1.72. The first-order valence-electron chi connectivity index (χ1n) is 4.87. The lowest BCUT2D eigenvalue weighted by molar-refractivity contribution is -0.183. The molecule has 1 rings (SSSR count). The summed E-state index contributed by atoms with van der Waals surface area (Å²) in [5, 5.41) is 5.19. The van der Waals surface area contributed by atoms with E-state index in [-0.39, 0.29) is 12.3 Å². The highest BCUT2D eigenvalue weighted by Crippen LogP contribution is 2.48. The summed E-state index contributed by atoms with van der Waals surface area (Å²) in [5.41, 5.74) is 0. The van der Waals surface area contributed by atoms with Gasteiger partial charge >= 0.3 is 6.18 Å². The maximum atomic E-state index is 12.7. The van der Waals surface area contributed by atoms with E-state index in [2.05, 4.69) is 0 Å². The van der Waals surface area contributed by atoms with Crippen molar-refractivity contribution in [3.63, 3.8) is 0 Å². The molecule has 0 heterocycles. The summed E-state index contributed by atoms with van der Waals surface area (Å²) in [6.45, 7) is 3.04. The fraction of sp³-hybridized carbons (Fsp3) is 1.00. The Kier molecular flexibility index (Phi) is 3.50. The molecule has 1 aliphatic carbocycles. The minimum atomic E-state index is -4.20. The Morgan fingerprint density at radius 1 is 1.40 bits per heavy atom. The van der Waals surface area contributed by atoms with E-state index in [0.29, 0.717) is 12.8 Å². The first-order valence-corrected chi connectivity index (χ1v) is 6.09. The number of halogens is 3. The molecule has 1 aliphatic rings. The minimum Gasteiger partial charge on any atom is -0.251 e. The molecular weight excluding hydrogens is 227 g/mol. The van der Waals surface area contributed by atoms with Crippen LogP contribution in [0.25, 0.3) is 0 Å². The highest BCUT2D eigenvalue weighted by atomic mass is 32.2. The van der Waals surface area contributed by atoms with Gasteiger partial charge < -0.3 is 0 Å². The lowest BCUT2D eigenvalue weighted by Gasteiger charge is -2.28. The molecule has 0 radical (unpaired) electrons. The second-order valence-corrected chi connectivity index (χ2v) is 6.45. The monoisotopic (exact) mass is 243 g/mol. The summed E-state index contributed by atoms with van der Waals surface area (Å²) in [5.74, 6) is -1.63. The Bertz CT molecular complexity index is 261. The van der Waals surface area contributed by atoms with Gasteiger partial charge in [0, 0.05) is 0 Å². The largest absolute Gasteiger partial charge is 0.392 e. The molecule has 2 N–H and O–H groups in total. The van der Waals surface area contributed by atoms with Crippen molar-refractivity contribution in [2.45, 2.75) is 44.0 Å². The second-order valence-electron chi connectivity index (χ2n) is 4.75. The van der Waals surface area contributed by atoms with Gasteiger partial charge in [-0.25, -0.2) is 4.21 Å². The van der Waals surface area contributed by atoms with Crippen molar-refractivity contribution in [1.29, 1.82) is 0 Å². The zero-order valence-corrected chi connectivity index (χ0v) is 9.62. The van der Waals surface area contributed by atoms with Gasteiger partial charge in [-0.1, -0.05) is 0 Å². The molecule has 1 unspecified atom stereocenters. The molecule has 0 aromatic heterocycles. The highest BCUT2D eigenvalue weighted by molar-refractivity contribution is 7.84. The summed E-state index contributed by atoms with van der Waals surface area (Å²) in [6.07, 6.45) is -3.10. The number of hydrogen-bond acceptors (Lipinski definition) is 1. The maximum absolute atomic E-state index is 12.7. The van der Waals surface area contributed by atoms with E-state index in [9.17, 15) is 17.4 Å². The minimum absolute atomic E-state index is 0.149. The zero-order chi connectivity index (χ0) is 11.9. The number of alkyl halides is 3. The van der Waals surface area contributed by atoms with Crippen molar-refractivity contribution >= 4 is 11.0 Å². The molecular formula is C9H16F3NOS. The van der Waals surface area contributed by atoms with Gasteiger partial charge in [-0.15, -0.1) is 0 Å². The van der Waals surface area contributed by atoms with Crippen molar-refractivity contribution in [2.24, 2.45) is 17.0 Å². The van der Waals surface area contributed by atoms with Gasteiger partial charge in [0.25, 0.3) is 0 Å². The third-order valence-corrected chi connectivity index (χ3v) is 4.12. The fourth-order valence-electron chi connectivity index (χ4n) is 1.66. The maximum Gasteiger partial charge on any atom is 0.392 e. The molecule has 0 spiro atoms. The molecule has 0 aromatic rings. The van der Waals surface area contributed by atoms with Crippen LogP contribution in [0.4, 0.5) is 13.2 Å². The van der Waals surface area contributed by atoms with E-state index >= 15 is 0 Å². The Morgan fingerprint density at radius 2 is 1.87 bits per heavy atom. The van der Waals surface area contributed by atoms with Gasteiger partial charge in [0.05, 0.1) is 21.7 Å². The van der Waals surface area contributed by atoms with Crippen LogP contribution in [0.3, 0.4) is 0 Å². The Labute approximate surface area is 90.0 Å². The lowest BCUT2D eigenvalue weighted by Crippen LogP contribution is -2.39. The van der Waals surface area contributed by atoms with Crippen molar-refractivity contribution < 1.29 is 17.4 Å². The van der Waals surface area contributed by atoms with Gasteiger partial charge in [-0.05, 0) is 39.0 Å². The molecule has 0 saturated heterocycles. The Hall–Kier alpha value is -0.100. The number of hydrogen-bond donors (Lipinski definition) is 1. The van der Waals surface area contributed by atoms with E-state index in [4.69, 9.17) is 5.14 Å². The molecule has 0 aromatic carbocycles. The molecule has 2 atom stereocenters. The van der Waals surface area contributed by atoms with E-state index < -0.39 is 27.8 Å². The highest BCUT2D eigenvalue weighted by Gasteiger charge is 2.51. The summed E-state index contributed by atoms with van der Waals surface area (Å²) in [6, 6.07) is 0. The van der Waals surface area contributed by atoms with Crippen LogP contribution in [0.1, 0.15) is 33.1 Å². The lowest BCUT2D eigenvalue weighted by atomic mass is 9.91. The van der Waals surface area contributed by atoms with Crippen molar-refractivity contribution in [2.75, 3.05) is 0 Å². The number of rotatable bonds is 4. The molecule has 0 amide bonds. The molecule has 15 heavy (non-hydrogen) atoms. The van der Waals surface area contributed by atoms with Crippen LogP contribution in [0.15, 0.2) is 0 Å². The van der Waals surface area contributed by atoms with Crippen LogP contribution in [0.2, 0.25) is 0 Å². The van der Waals surface area contributed by atoms with Gasteiger partial charge in [-0.3, -0.25) is 5.14 Å². The van der Waals surface area contributed by atoms with Gasteiger partial charge in [-0.2, -0.15) is 13.2 Å². The third-order valence-electron chi connectivity index (χ3n) is 2.87. The SMILES string of the molecule is CC(C)(C[C@H](C1CC1)C(F)(F)F)S(N)=O. The molecule has 90 valence electrons. The van der Waals surface area contributed by atoms with Crippen LogP contribution >= 0.6 is 0 Å². The summed E-state index contributed by atoms with van der Waals surface area (Å²) < 4.78 is 48.1. The smallest absolute Gasteiger partial charge is 0.251 e. The quantitative estimate of drug-likeness (QED) is 0.809. The first-order chi connectivity index (χ1) is 6.64. The Morgan fingerprint density at radius 3 is 2.13 bits per heavy atom. The summed E-state index contributed by atoms with van der Waals surface area (Å²) >= 11 is 0. The van der Waals surface area contributed by atoms with Crippen molar-refractivity contribution in [3.05, 3.63) is 0 Å². The normalized spacial score (nSPS) is 22.5. The van der Waals surface area contributed by atoms with Crippen LogP contribution in [-0.4, -0.2) is 15.1 Å². The molecule has 0 aliphatic heterocycles. The van der Waals surface area contributed by atoms with E-state index in [0.717, 1.165) is 0 Å². The van der Waals surface area contributed by atoms with Crippen molar-refractivity contribution in [3.8, 4) is 0 Å². The van der Waals surface area contributed by atoms with E-state index in [1.54, 1.807) is 0 Å². The van der Waals surface area contributed by atoms with Crippen LogP contribution in [0.5, 0.6) is 0 Å². The molecule has 0 bridgehead atoms. The number of nitrogens with two attached hydrogens (primary N) is 1. The predicted molar refractivity (Wildman–Crippen MR) is 53.3 cm³/mol. The molecule has 2 nitrogen and oxygen atoms in total. The molecule has 6 heteroatoms. The van der Waals surface area contributed by atoms with Crippen LogP contribution in [-0.2, 0) is 11.0 Å². The standard InChI is InChI=1S/C9H16F3NOS/c1-8(2,15(13)14)5-7(6-3-4-6)9(10,11)12/h6-7H,3-5,13H2,1-2H3/t7-,15?/m1/s1. The molecule has 1 fully saturated rings. The average molecular weight is 243 g/mol. The van der Waals surface area contributed by atoms with Gasteiger partial charge in [0.2, 0.25) is 0 Å². The summed E-state index contributed by atoms with van der Waals surface area (Å²) in [4.78, 5) is 0. The van der Waals surface area contributed by atoms with Crippen LogP contribution in [0, 0.1) is 11.8 Å². The van der Waals surface area contributed by atoms with Crippen LogP contribution < -0.4 is 5.14 Å². The van der Waals surface area contributed by atoms with Gasteiger partial charge in [0.15, 0.2) is 0 Å². The topological polar surface area (TPSA) is 43.1 Å². The first kappa shape index (κ1) is 13.0. The predicted octanol–water partition coefficient (Wildman–Crippen LogP) is 2.37. The van der Waals surface area contributed by atoms with Crippen molar-refractivity contribution in [1.82, 2.24) is 0 Å². The average Bonchev–Trinajstić information content (AvgIpc) is 2.80. The van der Waals surface area contributed by atoms with E-state index in [1.165, 1.54) is 13.8 Å². The third kappa shape index (κ3) is 3.45. The van der Waals surface area contributed by atoms with E-state index in [1.807, 2.05) is 0 Å². The molecule has 1 saturated carbocycles. The van der Waals surface area contributed by atoms with Gasteiger partial charge in [0.1, 0.15) is 0 Å². The fourth-order valence-corrected chi connectivity index (χ4v) is 2.00. The second kappa shape index (κ2) is 4.05. The zero-order valence-electron chi connectivity index (χ0n) is 8.80.